The molecule has 7 nitrogen and oxygen atoms in total. The highest BCUT2D eigenvalue weighted by Gasteiger charge is 2.21. The predicted molar refractivity (Wildman–Crippen MR) is 75.2 cm³/mol. The Balaban J connectivity index is 2.15. The van der Waals surface area contributed by atoms with Gasteiger partial charge in [0.2, 0.25) is 10.0 Å². The summed E-state index contributed by atoms with van der Waals surface area (Å²) in [6, 6.07) is 1.49. The molecule has 0 aliphatic heterocycles. The van der Waals surface area contributed by atoms with Crippen molar-refractivity contribution < 1.29 is 12.8 Å². The second-order valence-electron chi connectivity index (χ2n) is 4.16. The van der Waals surface area contributed by atoms with Crippen molar-refractivity contribution in [3.8, 4) is 0 Å². The number of aryl methyl sites for hydroxylation is 1. The Morgan fingerprint density at radius 2 is 2.15 bits per heavy atom. The number of sulfonamides is 1. The molecule has 0 aromatic carbocycles. The molecule has 0 fully saturated rings. The Labute approximate surface area is 120 Å². The normalized spacial score (nSPS) is 11.9. The maximum Gasteiger partial charge on any atom is 0.304 e. The molecule has 2 aromatic rings. The number of furan rings is 1. The van der Waals surface area contributed by atoms with Crippen LogP contribution in [0.15, 0.2) is 25.6 Å². The largest absolute Gasteiger partial charge is 0.464 e. The van der Waals surface area contributed by atoms with E-state index in [0.717, 1.165) is 11.3 Å². The smallest absolute Gasteiger partial charge is 0.304 e. The molecular weight excluding hydrogens is 302 g/mol. The average Bonchev–Trinajstić information content (AvgIpc) is 2.94. The first kappa shape index (κ1) is 15.0. The van der Waals surface area contributed by atoms with Gasteiger partial charge in [0.15, 0.2) is 0 Å². The van der Waals surface area contributed by atoms with Crippen LogP contribution in [-0.2, 0) is 23.1 Å². The van der Waals surface area contributed by atoms with E-state index in [-0.39, 0.29) is 16.3 Å². The van der Waals surface area contributed by atoms with Crippen LogP contribution in [0.2, 0.25) is 0 Å². The van der Waals surface area contributed by atoms with Gasteiger partial charge in [-0.15, -0.1) is 0 Å². The van der Waals surface area contributed by atoms with Crippen molar-refractivity contribution in [1.82, 2.24) is 15.0 Å². The van der Waals surface area contributed by atoms with Crippen LogP contribution in [0.4, 0.5) is 0 Å². The van der Waals surface area contributed by atoms with E-state index in [1.54, 1.807) is 19.4 Å². The Hall–Kier alpha value is -1.42. The van der Waals surface area contributed by atoms with Crippen LogP contribution in [0, 0.1) is 6.92 Å². The van der Waals surface area contributed by atoms with Gasteiger partial charge in [-0.2, -0.15) is 0 Å². The predicted octanol–water partition coefficient (Wildman–Crippen LogP) is 0.536. The summed E-state index contributed by atoms with van der Waals surface area (Å²) in [5.74, 6) is 0.885. The first-order valence-electron chi connectivity index (χ1n) is 5.82. The summed E-state index contributed by atoms with van der Waals surface area (Å²) in [6.07, 6.45) is 0. The molecule has 20 heavy (non-hydrogen) atoms. The molecule has 0 saturated heterocycles. The van der Waals surface area contributed by atoms with Crippen molar-refractivity contribution in [2.24, 2.45) is 0 Å². The highest BCUT2D eigenvalue weighted by atomic mass is 32.2. The average molecular weight is 317 g/mol. The van der Waals surface area contributed by atoms with E-state index in [9.17, 15) is 13.2 Å². The molecule has 0 saturated carbocycles. The zero-order valence-corrected chi connectivity index (χ0v) is 12.7. The lowest BCUT2D eigenvalue weighted by Gasteiger charge is -2.03. The molecule has 0 amide bonds. The van der Waals surface area contributed by atoms with Gasteiger partial charge in [-0.1, -0.05) is 11.3 Å². The maximum atomic E-state index is 12.2. The number of rotatable bonds is 6. The molecule has 2 aromatic heterocycles. The summed E-state index contributed by atoms with van der Waals surface area (Å²) < 4.78 is 32.1. The van der Waals surface area contributed by atoms with Crippen molar-refractivity contribution in [3.05, 3.63) is 38.3 Å². The van der Waals surface area contributed by atoms with Crippen molar-refractivity contribution in [2.75, 3.05) is 7.05 Å². The summed E-state index contributed by atoms with van der Waals surface area (Å²) in [6.45, 7) is 2.08. The Kier molecular flexibility index (Phi) is 4.43. The van der Waals surface area contributed by atoms with Gasteiger partial charge in [-0.05, 0) is 14.0 Å². The lowest BCUT2D eigenvalue weighted by molar-refractivity contribution is 0.465. The molecule has 0 aliphatic rings. The molecular formula is C11H15N3O4S2. The number of aromatic amines is 1. The van der Waals surface area contributed by atoms with Crippen LogP contribution in [-0.4, -0.2) is 20.4 Å². The van der Waals surface area contributed by atoms with E-state index in [1.807, 2.05) is 0 Å². The third kappa shape index (κ3) is 3.37. The minimum absolute atomic E-state index is 0.0348. The number of hydrogen-bond donors (Lipinski definition) is 3. The van der Waals surface area contributed by atoms with E-state index in [0.29, 0.717) is 23.8 Å². The Morgan fingerprint density at radius 3 is 2.75 bits per heavy atom. The molecule has 0 unspecified atom stereocenters. The zero-order chi connectivity index (χ0) is 14.8. The van der Waals surface area contributed by atoms with E-state index in [1.165, 1.54) is 6.07 Å². The van der Waals surface area contributed by atoms with Gasteiger partial charge in [-0.3, -0.25) is 4.79 Å². The fourth-order valence-corrected chi connectivity index (χ4v) is 3.49. The van der Waals surface area contributed by atoms with Crippen molar-refractivity contribution in [2.45, 2.75) is 24.9 Å². The molecule has 110 valence electrons. The monoisotopic (exact) mass is 317 g/mol. The fraction of sp³-hybridized carbons (Fsp3) is 0.364. The third-order valence-corrected chi connectivity index (χ3v) is 4.81. The number of nitrogens with one attached hydrogen (secondary N) is 3. The molecule has 0 aliphatic carbocycles. The summed E-state index contributed by atoms with van der Waals surface area (Å²) in [5.41, 5.74) is 0.528. The van der Waals surface area contributed by atoms with Gasteiger partial charge in [0, 0.05) is 17.1 Å². The highest BCUT2D eigenvalue weighted by molar-refractivity contribution is 7.89. The number of hydrogen-bond acceptors (Lipinski definition) is 6. The summed E-state index contributed by atoms with van der Waals surface area (Å²) in [5, 5.41) is 4.47. The molecule has 0 atom stereocenters. The van der Waals surface area contributed by atoms with E-state index >= 15 is 0 Å². The number of aromatic nitrogens is 1. The SMILES string of the molecule is CNCc1cc(S(=O)(=O)NCc2csc(=O)[nH]2)c(C)o1. The summed E-state index contributed by atoms with van der Waals surface area (Å²) in [4.78, 5) is 13.4. The van der Waals surface area contributed by atoms with Crippen LogP contribution < -0.4 is 14.9 Å². The maximum absolute atomic E-state index is 12.2. The number of thiazole rings is 1. The van der Waals surface area contributed by atoms with Crippen LogP contribution in [0.5, 0.6) is 0 Å². The van der Waals surface area contributed by atoms with Gasteiger partial charge in [0.25, 0.3) is 0 Å². The molecule has 9 heteroatoms. The van der Waals surface area contributed by atoms with Gasteiger partial charge < -0.3 is 14.7 Å². The lowest BCUT2D eigenvalue weighted by atomic mass is 10.4. The van der Waals surface area contributed by atoms with Gasteiger partial charge in [-0.25, -0.2) is 13.1 Å². The van der Waals surface area contributed by atoms with E-state index < -0.39 is 10.0 Å². The molecule has 3 N–H and O–H groups in total. The zero-order valence-electron chi connectivity index (χ0n) is 11.0. The Bertz CT molecular complexity index is 742. The van der Waals surface area contributed by atoms with Gasteiger partial charge in [0.05, 0.1) is 13.1 Å². The van der Waals surface area contributed by atoms with Crippen LogP contribution in [0.3, 0.4) is 0 Å². The molecule has 2 rings (SSSR count). The second kappa shape index (κ2) is 5.92. The van der Waals surface area contributed by atoms with Crippen LogP contribution >= 0.6 is 11.3 Å². The Morgan fingerprint density at radius 1 is 1.40 bits per heavy atom. The molecule has 0 radical (unpaired) electrons. The van der Waals surface area contributed by atoms with Crippen LogP contribution in [0.25, 0.3) is 0 Å². The van der Waals surface area contributed by atoms with Crippen LogP contribution in [0.1, 0.15) is 17.2 Å². The van der Waals surface area contributed by atoms with E-state index in [4.69, 9.17) is 4.42 Å². The van der Waals surface area contributed by atoms with Crippen molar-refractivity contribution >= 4 is 21.4 Å². The molecule has 2 heterocycles. The van der Waals surface area contributed by atoms with Gasteiger partial charge in [0.1, 0.15) is 16.4 Å². The first-order valence-corrected chi connectivity index (χ1v) is 8.19. The van der Waals surface area contributed by atoms with Gasteiger partial charge >= 0.3 is 4.87 Å². The summed E-state index contributed by atoms with van der Waals surface area (Å²) in [7, 11) is -1.92. The first-order chi connectivity index (χ1) is 9.42. The second-order valence-corrected chi connectivity index (χ2v) is 6.74. The highest BCUT2D eigenvalue weighted by Crippen LogP contribution is 2.20. The third-order valence-electron chi connectivity index (χ3n) is 2.59. The number of H-pyrrole nitrogens is 1. The standard InChI is InChI=1S/C11H15N3O4S2/c1-7-10(3-9(18-7)5-12-2)20(16,17)13-4-8-6-19-11(15)14-8/h3,6,12-13H,4-5H2,1-2H3,(H,14,15). The lowest BCUT2D eigenvalue weighted by Crippen LogP contribution is -2.24. The van der Waals surface area contributed by atoms with Crippen molar-refractivity contribution in [1.29, 1.82) is 0 Å². The minimum Gasteiger partial charge on any atom is -0.464 e. The minimum atomic E-state index is -3.67. The van der Waals surface area contributed by atoms with E-state index in [2.05, 4.69) is 15.0 Å². The topological polar surface area (TPSA) is 104 Å². The summed E-state index contributed by atoms with van der Waals surface area (Å²) >= 11 is 0.992. The quantitative estimate of drug-likeness (QED) is 0.721. The molecule has 0 bridgehead atoms. The fourth-order valence-electron chi connectivity index (χ4n) is 1.70. The van der Waals surface area contributed by atoms with Crippen molar-refractivity contribution in [3.63, 3.8) is 0 Å². The molecule has 0 spiro atoms.